The first kappa shape index (κ1) is 15.1. The van der Waals surface area contributed by atoms with Crippen LogP contribution in [0.5, 0.6) is 11.5 Å². The van der Waals surface area contributed by atoms with E-state index >= 15 is 0 Å². The van der Waals surface area contributed by atoms with Crippen molar-refractivity contribution in [2.24, 2.45) is 0 Å². The van der Waals surface area contributed by atoms with E-state index in [1.54, 1.807) is 14.2 Å². The summed E-state index contributed by atoms with van der Waals surface area (Å²) >= 11 is 0. The molecule has 1 N–H and O–H groups in total. The number of ether oxygens (including phenoxy) is 2. The largest absolute Gasteiger partial charge is 0.496 e. The Morgan fingerprint density at radius 2 is 1.95 bits per heavy atom. The van der Waals surface area contributed by atoms with Gasteiger partial charge in [-0.1, -0.05) is 6.07 Å². The molecule has 1 fully saturated rings. The Morgan fingerprint density at radius 1 is 1.30 bits per heavy atom. The number of hydrogen-bond donors (Lipinski definition) is 1. The smallest absolute Gasteiger partial charge is 0.127 e. The molecule has 0 radical (unpaired) electrons. The average Bonchev–Trinajstić information content (AvgIpc) is 2.89. The van der Waals surface area contributed by atoms with Crippen molar-refractivity contribution in [3.8, 4) is 11.5 Å². The molecule has 1 aromatic carbocycles. The van der Waals surface area contributed by atoms with Crippen LogP contribution in [-0.2, 0) is 0 Å². The van der Waals surface area contributed by atoms with Crippen LogP contribution in [0.25, 0.3) is 0 Å². The summed E-state index contributed by atoms with van der Waals surface area (Å²) in [5, 5.41) is 3.62. The van der Waals surface area contributed by atoms with Gasteiger partial charge in [-0.15, -0.1) is 0 Å². The molecule has 1 heterocycles. The van der Waals surface area contributed by atoms with Gasteiger partial charge in [-0.05, 0) is 45.5 Å². The zero-order chi connectivity index (χ0) is 14.5. The third-order valence-corrected chi connectivity index (χ3v) is 4.23. The number of nitrogens with zero attached hydrogens (tertiary/aromatic N) is 1. The summed E-state index contributed by atoms with van der Waals surface area (Å²) in [4.78, 5) is 2.43. The third kappa shape index (κ3) is 3.25. The molecule has 0 bridgehead atoms. The fourth-order valence-electron chi connectivity index (χ4n) is 2.96. The number of rotatable bonds is 6. The van der Waals surface area contributed by atoms with Crippen molar-refractivity contribution in [3.05, 3.63) is 23.8 Å². The van der Waals surface area contributed by atoms with Crippen molar-refractivity contribution in [1.82, 2.24) is 10.2 Å². The highest BCUT2D eigenvalue weighted by Gasteiger charge is 2.23. The molecule has 112 valence electrons. The molecular formula is C16H26N2O2. The van der Waals surface area contributed by atoms with E-state index in [9.17, 15) is 0 Å². The van der Waals surface area contributed by atoms with Crippen LogP contribution in [0.2, 0.25) is 0 Å². The lowest BCUT2D eigenvalue weighted by Crippen LogP contribution is -2.36. The molecule has 2 atom stereocenters. The van der Waals surface area contributed by atoms with Gasteiger partial charge in [-0.25, -0.2) is 0 Å². The highest BCUT2D eigenvalue weighted by Crippen LogP contribution is 2.33. The quantitative estimate of drug-likeness (QED) is 0.866. The molecule has 0 aliphatic carbocycles. The summed E-state index contributed by atoms with van der Waals surface area (Å²) in [6.07, 6.45) is 2.58. The van der Waals surface area contributed by atoms with Gasteiger partial charge in [0.25, 0.3) is 0 Å². The second-order valence-corrected chi connectivity index (χ2v) is 5.48. The molecule has 0 spiro atoms. The molecule has 1 aliphatic heterocycles. The first-order chi connectivity index (χ1) is 9.67. The van der Waals surface area contributed by atoms with Crippen molar-refractivity contribution < 1.29 is 9.47 Å². The number of benzene rings is 1. The maximum Gasteiger partial charge on any atom is 0.127 e. The molecule has 2 rings (SSSR count). The van der Waals surface area contributed by atoms with Crippen LogP contribution in [0.4, 0.5) is 0 Å². The first-order valence-corrected chi connectivity index (χ1v) is 7.32. The van der Waals surface area contributed by atoms with E-state index in [-0.39, 0.29) is 6.04 Å². The molecule has 1 aliphatic rings. The van der Waals surface area contributed by atoms with Crippen molar-refractivity contribution in [1.29, 1.82) is 0 Å². The summed E-state index contributed by atoms with van der Waals surface area (Å²) in [7, 11) is 5.61. The van der Waals surface area contributed by atoms with Gasteiger partial charge in [0.2, 0.25) is 0 Å². The van der Waals surface area contributed by atoms with Gasteiger partial charge in [0.15, 0.2) is 0 Å². The molecule has 0 amide bonds. The van der Waals surface area contributed by atoms with Crippen LogP contribution in [0.3, 0.4) is 0 Å². The zero-order valence-electron chi connectivity index (χ0n) is 13.0. The van der Waals surface area contributed by atoms with Crippen molar-refractivity contribution in [3.63, 3.8) is 0 Å². The van der Waals surface area contributed by atoms with E-state index in [4.69, 9.17) is 9.47 Å². The van der Waals surface area contributed by atoms with Crippen LogP contribution in [0, 0.1) is 0 Å². The summed E-state index contributed by atoms with van der Waals surface area (Å²) < 4.78 is 10.9. The highest BCUT2D eigenvalue weighted by molar-refractivity contribution is 5.46. The lowest BCUT2D eigenvalue weighted by Gasteiger charge is -2.24. The Hall–Kier alpha value is -1.26. The molecule has 4 heteroatoms. The summed E-state index contributed by atoms with van der Waals surface area (Å²) in [6.45, 7) is 4.37. The van der Waals surface area contributed by atoms with E-state index in [1.165, 1.54) is 19.4 Å². The van der Waals surface area contributed by atoms with Gasteiger partial charge in [0.1, 0.15) is 11.5 Å². The van der Waals surface area contributed by atoms with E-state index in [0.717, 1.165) is 23.6 Å². The minimum absolute atomic E-state index is 0.204. The monoisotopic (exact) mass is 278 g/mol. The number of likely N-dealkylation sites (N-methyl/N-ethyl adjacent to an activating group) is 1. The second kappa shape index (κ2) is 6.95. The topological polar surface area (TPSA) is 33.7 Å². The maximum absolute atomic E-state index is 5.47. The van der Waals surface area contributed by atoms with Crippen LogP contribution in [-0.4, -0.2) is 45.3 Å². The van der Waals surface area contributed by atoms with Gasteiger partial charge in [0.05, 0.1) is 19.8 Å². The van der Waals surface area contributed by atoms with E-state index in [1.807, 2.05) is 18.2 Å². The van der Waals surface area contributed by atoms with Crippen molar-refractivity contribution in [2.75, 3.05) is 34.4 Å². The lowest BCUT2D eigenvalue weighted by atomic mass is 10.0. The zero-order valence-corrected chi connectivity index (χ0v) is 13.0. The van der Waals surface area contributed by atoms with Crippen molar-refractivity contribution >= 4 is 0 Å². The van der Waals surface area contributed by atoms with Crippen molar-refractivity contribution in [2.45, 2.75) is 31.8 Å². The van der Waals surface area contributed by atoms with Crippen LogP contribution in [0.1, 0.15) is 31.4 Å². The Morgan fingerprint density at radius 3 is 2.45 bits per heavy atom. The number of nitrogens with one attached hydrogen (secondary N) is 1. The van der Waals surface area contributed by atoms with Crippen LogP contribution >= 0.6 is 0 Å². The minimum atomic E-state index is 0.204. The number of hydrogen-bond acceptors (Lipinski definition) is 4. The molecule has 0 aromatic heterocycles. The van der Waals surface area contributed by atoms with Gasteiger partial charge in [-0.2, -0.15) is 0 Å². The SMILES string of the molecule is COc1cccc(OC)c1C(C)NCC1CCCN1C. The van der Waals surface area contributed by atoms with Crippen LogP contribution < -0.4 is 14.8 Å². The number of methoxy groups -OCH3 is 2. The summed E-state index contributed by atoms with van der Waals surface area (Å²) in [5.74, 6) is 1.76. The third-order valence-electron chi connectivity index (χ3n) is 4.23. The standard InChI is InChI=1S/C16H26N2O2/c1-12(17-11-13-7-6-10-18(13)2)16-14(19-3)8-5-9-15(16)20-4/h5,8-9,12-13,17H,6-7,10-11H2,1-4H3. The summed E-state index contributed by atoms with van der Waals surface area (Å²) in [5.41, 5.74) is 1.10. The Kier molecular flexibility index (Phi) is 5.26. The maximum atomic E-state index is 5.47. The molecule has 1 aromatic rings. The van der Waals surface area contributed by atoms with E-state index < -0.39 is 0 Å². The molecule has 4 nitrogen and oxygen atoms in total. The van der Waals surface area contributed by atoms with Gasteiger partial charge < -0.3 is 19.7 Å². The Labute approximate surface area is 122 Å². The van der Waals surface area contributed by atoms with Gasteiger partial charge >= 0.3 is 0 Å². The molecule has 1 saturated heterocycles. The lowest BCUT2D eigenvalue weighted by molar-refractivity contribution is 0.291. The fraction of sp³-hybridized carbons (Fsp3) is 0.625. The van der Waals surface area contributed by atoms with Gasteiger partial charge in [-0.3, -0.25) is 0 Å². The molecule has 0 saturated carbocycles. The van der Waals surface area contributed by atoms with E-state index in [0.29, 0.717) is 6.04 Å². The van der Waals surface area contributed by atoms with E-state index in [2.05, 4.69) is 24.2 Å². The number of likely N-dealkylation sites (tertiary alicyclic amines) is 1. The predicted molar refractivity (Wildman–Crippen MR) is 81.6 cm³/mol. The molecule has 2 unspecified atom stereocenters. The summed E-state index contributed by atoms with van der Waals surface area (Å²) in [6, 6.07) is 6.77. The van der Waals surface area contributed by atoms with Crippen LogP contribution in [0.15, 0.2) is 18.2 Å². The average molecular weight is 278 g/mol. The first-order valence-electron chi connectivity index (χ1n) is 7.32. The van der Waals surface area contributed by atoms with Gasteiger partial charge in [0, 0.05) is 18.6 Å². The second-order valence-electron chi connectivity index (χ2n) is 5.48. The fourth-order valence-corrected chi connectivity index (χ4v) is 2.96. The normalized spacial score (nSPS) is 20.9. The minimum Gasteiger partial charge on any atom is -0.496 e. The molecule has 20 heavy (non-hydrogen) atoms. The Balaban J connectivity index is 2.06. The highest BCUT2D eigenvalue weighted by atomic mass is 16.5. The molecular weight excluding hydrogens is 252 g/mol. The predicted octanol–water partition coefficient (Wildman–Crippen LogP) is 2.45. The Bertz CT molecular complexity index is 414.